The van der Waals surface area contributed by atoms with Crippen molar-refractivity contribution in [3.63, 3.8) is 0 Å². The molecule has 5 nitrogen and oxygen atoms in total. The number of benzene rings is 1. The molecule has 0 saturated carbocycles. The molecule has 0 aliphatic carbocycles. The maximum absolute atomic E-state index is 11.7. The minimum atomic E-state index is -1.02. The van der Waals surface area contributed by atoms with E-state index in [1.165, 1.54) is 11.6 Å². The number of piperidine rings is 1. The van der Waals surface area contributed by atoms with Crippen molar-refractivity contribution in [2.45, 2.75) is 38.5 Å². The normalized spacial score (nSPS) is 20.6. The molecule has 1 aliphatic heterocycles. The summed E-state index contributed by atoms with van der Waals surface area (Å²) in [6, 6.07) is 7.99. The number of methoxy groups -OCH3 is 1. The molecule has 2 rings (SSSR count). The Morgan fingerprint density at radius 2 is 2.12 bits per heavy atom. The Kier molecular flexibility index (Phi) is 6.84. The van der Waals surface area contributed by atoms with Gasteiger partial charge in [-0.25, -0.2) is 0 Å². The highest BCUT2D eigenvalue weighted by molar-refractivity contribution is 5.87. The van der Waals surface area contributed by atoms with E-state index in [1.54, 1.807) is 21.0 Å². The van der Waals surface area contributed by atoms with Gasteiger partial charge in [0.15, 0.2) is 0 Å². The lowest BCUT2D eigenvalue weighted by Crippen LogP contribution is -2.50. The van der Waals surface area contributed by atoms with Crippen LogP contribution in [0.25, 0.3) is 0 Å². The molecular formula is C21H28N2O3. The zero-order chi connectivity index (χ0) is 19.2. The molecule has 0 aromatic heterocycles. The molecule has 26 heavy (non-hydrogen) atoms. The van der Waals surface area contributed by atoms with Crippen LogP contribution >= 0.6 is 0 Å². The lowest BCUT2D eigenvalue weighted by Gasteiger charge is -2.36. The Morgan fingerprint density at radius 3 is 2.69 bits per heavy atom. The van der Waals surface area contributed by atoms with E-state index in [1.807, 2.05) is 24.3 Å². The highest BCUT2D eigenvalue weighted by Gasteiger charge is 2.27. The van der Waals surface area contributed by atoms with Crippen LogP contribution in [-0.2, 0) is 11.3 Å². The predicted molar refractivity (Wildman–Crippen MR) is 103 cm³/mol. The summed E-state index contributed by atoms with van der Waals surface area (Å²) in [7, 11) is 1.65. The smallest absolute Gasteiger partial charge is 0.243 e. The third-order valence-corrected chi connectivity index (χ3v) is 4.21. The van der Waals surface area contributed by atoms with Gasteiger partial charge in [0.25, 0.3) is 0 Å². The Morgan fingerprint density at radius 1 is 1.42 bits per heavy atom. The van der Waals surface area contributed by atoms with Crippen LogP contribution in [-0.4, -0.2) is 47.8 Å². The molecule has 1 fully saturated rings. The molecule has 1 aromatic rings. The monoisotopic (exact) mass is 356 g/mol. The van der Waals surface area contributed by atoms with Crippen molar-refractivity contribution in [1.82, 2.24) is 10.2 Å². The van der Waals surface area contributed by atoms with Crippen molar-refractivity contribution in [2.24, 2.45) is 5.92 Å². The largest absolute Gasteiger partial charge is 0.497 e. The number of rotatable bonds is 5. The van der Waals surface area contributed by atoms with Gasteiger partial charge < -0.3 is 15.2 Å². The zero-order valence-electron chi connectivity index (χ0n) is 15.8. The first kappa shape index (κ1) is 20.0. The van der Waals surface area contributed by atoms with Crippen molar-refractivity contribution in [3.8, 4) is 17.6 Å². The number of nitrogens with zero attached hydrogens (tertiary/aromatic N) is 1. The third kappa shape index (κ3) is 6.55. The highest BCUT2D eigenvalue weighted by Crippen LogP contribution is 2.20. The maximum atomic E-state index is 11.7. The summed E-state index contributed by atoms with van der Waals surface area (Å²) in [6.07, 6.45) is 2.06. The second-order valence-electron chi connectivity index (χ2n) is 7.21. The van der Waals surface area contributed by atoms with E-state index in [4.69, 9.17) is 4.74 Å². The number of carbonyl (C=O) groups is 1. The van der Waals surface area contributed by atoms with E-state index < -0.39 is 5.60 Å². The molecule has 0 bridgehead atoms. The van der Waals surface area contributed by atoms with Crippen molar-refractivity contribution in [3.05, 3.63) is 42.5 Å². The first-order chi connectivity index (χ1) is 12.3. The van der Waals surface area contributed by atoms with Gasteiger partial charge in [-0.2, -0.15) is 0 Å². The van der Waals surface area contributed by atoms with Crippen LogP contribution in [0.4, 0.5) is 0 Å². The standard InChI is InChI=1S/C21H28N2O3/c1-5-20(24)22-18-12-17(10-11-21(2,3)25)14-23(15-18)13-16-6-8-19(26-4)9-7-16/h5-9,17-18,25H,1,12-15H2,2-4H3,(H,22,24)/t17-,18+/m1/s1. The summed E-state index contributed by atoms with van der Waals surface area (Å²) in [6.45, 7) is 9.20. The minimum absolute atomic E-state index is 0.00797. The highest BCUT2D eigenvalue weighted by atomic mass is 16.5. The van der Waals surface area contributed by atoms with E-state index in [-0.39, 0.29) is 17.9 Å². The van der Waals surface area contributed by atoms with Gasteiger partial charge in [0.1, 0.15) is 11.4 Å². The number of hydrogen-bond acceptors (Lipinski definition) is 4. The number of ether oxygens (including phenoxy) is 1. The molecule has 0 unspecified atom stereocenters. The molecule has 0 radical (unpaired) electrons. The third-order valence-electron chi connectivity index (χ3n) is 4.21. The first-order valence-electron chi connectivity index (χ1n) is 8.82. The van der Waals surface area contributed by atoms with E-state index in [0.29, 0.717) is 0 Å². The average molecular weight is 356 g/mol. The van der Waals surface area contributed by atoms with Crippen molar-refractivity contribution in [2.75, 3.05) is 20.2 Å². The molecule has 2 N–H and O–H groups in total. The van der Waals surface area contributed by atoms with E-state index in [2.05, 4.69) is 28.6 Å². The molecule has 140 valence electrons. The number of nitrogens with one attached hydrogen (secondary N) is 1. The molecule has 0 spiro atoms. The number of likely N-dealkylation sites (tertiary alicyclic amines) is 1. The van der Waals surface area contributed by atoms with Crippen molar-refractivity contribution < 1.29 is 14.6 Å². The fourth-order valence-corrected chi connectivity index (χ4v) is 3.06. The summed E-state index contributed by atoms with van der Waals surface area (Å²) < 4.78 is 5.20. The van der Waals surface area contributed by atoms with Gasteiger partial charge in [0.05, 0.1) is 7.11 Å². The van der Waals surface area contributed by atoms with Gasteiger partial charge in [-0.15, -0.1) is 0 Å². The van der Waals surface area contributed by atoms with Crippen LogP contribution in [0.15, 0.2) is 36.9 Å². The van der Waals surface area contributed by atoms with Crippen LogP contribution in [0, 0.1) is 17.8 Å². The van der Waals surface area contributed by atoms with E-state index in [0.717, 1.165) is 31.8 Å². The van der Waals surface area contributed by atoms with Crippen LogP contribution in [0.5, 0.6) is 5.75 Å². The zero-order valence-corrected chi connectivity index (χ0v) is 15.8. The molecule has 1 saturated heterocycles. The molecular weight excluding hydrogens is 328 g/mol. The molecule has 5 heteroatoms. The van der Waals surface area contributed by atoms with Gasteiger partial charge in [-0.05, 0) is 44.0 Å². The summed E-state index contributed by atoms with van der Waals surface area (Å²) in [4.78, 5) is 14.0. The second-order valence-corrected chi connectivity index (χ2v) is 7.21. The second kappa shape index (κ2) is 8.88. The molecule has 1 heterocycles. The van der Waals surface area contributed by atoms with Crippen molar-refractivity contribution in [1.29, 1.82) is 0 Å². The number of aliphatic hydroxyl groups is 1. The molecule has 1 aliphatic rings. The fourth-order valence-electron chi connectivity index (χ4n) is 3.06. The predicted octanol–water partition coefficient (Wildman–Crippen LogP) is 1.96. The van der Waals surface area contributed by atoms with Crippen molar-refractivity contribution >= 4 is 5.91 Å². The Hall–Kier alpha value is -2.29. The van der Waals surface area contributed by atoms with Crippen LogP contribution in [0.1, 0.15) is 25.8 Å². The van der Waals surface area contributed by atoms with Crippen LogP contribution < -0.4 is 10.1 Å². The SMILES string of the molecule is C=CC(=O)N[C@H]1C[C@@H](C#CC(C)(C)O)CN(Cc2ccc(OC)cc2)C1. The Bertz CT molecular complexity index is 680. The summed E-state index contributed by atoms with van der Waals surface area (Å²) >= 11 is 0. The number of carbonyl (C=O) groups excluding carboxylic acids is 1. The quantitative estimate of drug-likeness (QED) is 0.625. The van der Waals surface area contributed by atoms with Crippen LogP contribution in [0.2, 0.25) is 0 Å². The molecule has 2 atom stereocenters. The van der Waals surface area contributed by atoms with Gasteiger partial charge in [0, 0.05) is 31.6 Å². The maximum Gasteiger partial charge on any atom is 0.243 e. The van der Waals surface area contributed by atoms with Crippen LogP contribution in [0.3, 0.4) is 0 Å². The summed E-state index contributed by atoms with van der Waals surface area (Å²) in [5, 5.41) is 12.8. The Labute approximate surface area is 156 Å². The van der Waals surface area contributed by atoms with E-state index in [9.17, 15) is 9.90 Å². The lowest BCUT2D eigenvalue weighted by atomic mass is 9.93. The summed E-state index contributed by atoms with van der Waals surface area (Å²) in [5.41, 5.74) is 0.161. The summed E-state index contributed by atoms with van der Waals surface area (Å²) in [5.74, 6) is 6.83. The number of amides is 1. The van der Waals surface area contributed by atoms with E-state index >= 15 is 0 Å². The first-order valence-corrected chi connectivity index (χ1v) is 8.82. The van der Waals surface area contributed by atoms with Gasteiger partial charge in [0.2, 0.25) is 5.91 Å². The number of hydrogen-bond donors (Lipinski definition) is 2. The lowest BCUT2D eigenvalue weighted by molar-refractivity contribution is -0.117. The van der Waals surface area contributed by atoms with Gasteiger partial charge in [-0.3, -0.25) is 9.69 Å². The molecule has 1 aromatic carbocycles. The topological polar surface area (TPSA) is 61.8 Å². The van der Waals surface area contributed by atoms with Gasteiger partial charge >= 0.3 is 0 Å². The molecule has 1 amide bonds. The Balaban J connectivity index is 2.10. The minimum Gasteiger partial charge on any atom is -0.497 e. The fraction of sp³-hybridized carbons (Fsp3) is 0.476. The average Bonchev–Trinajstić information content (AvgIpc) is 2.60. The van der Waals surface area contributed by atoms with Gasteiger partial charge in [-0.1, -0.05) is 30.6 Å².